The first kappa shape index (κ1) is 14.7. The molecule has 0 fully saturated rings. The van der Waals surface area contributed by atoms with Gasteiger partial charge in [0.1, 0.15) is 11.4 Å². The van der Waals surface area contributed by atoms with Crippen LogP contribution in [0.25, 0.3) is 0 Å². The van der Waals surface area contributed by atoms with Gasteiger partial charge < -0.3 is 15.4 Å². The average molecular weight is 267 g/mol. The van der Waals surface area contributed by atoms with Crippen molar-refractivity contribution in [3.05, 3.63) is 27.8 Å². The SMILES string of the molecule is CCN(CC)c1cc(OC)c(C(N)=O)cc1[N+](=O)[O-]. The fraction of sp³-hybridized carbons (Fsp3) is 0.417. The summed E-state index contributed by atoms with van der Waals surface area (Å²) in [5.74, 6) is -0.522. The number of primary amides is 1. The lowest BCUT2D eigenvalue weighted by atomic mass is 10.1. The van der Waals surface area contributed by atoms with Crippen molar-refractivity contribution in [1.82, 2.24) is 0 Å². The number of anilines is 1. The summed E-state index contributed by atoms with van der Waals surface area (Å²) in [6, 6.07) is 2.64. The maximum Gasteiger partial charge on any atom is 0.293 e. The van der Waals surface area contributed by atoms with Gasteiger partial charge in [-0.1, -0.05) is 0 Å². The van der Waals surface area contributed by atoms with Gasteiger partial charge in [0.25, 0.3) is 11.6 Å². The Morgan fingerprint density at radius 1 is 1.42 bits per heavy atom. The van der Waals surface area contributed by atoms with Crippen molar-refractivity contribution in [3.8, 4) is 5.75 Å². The largest absolute Gasteiger partial charge is 0.496 e. The highest BCUT2D eigenvalue weighted by molar-refractivity contribution is 5.97. The molecule has 0 aliphatic carbocycles. The molecular formula is C12H17N3O4. The lowest BCUT2D eigenvalue weighted by Crippen LogP contribution is -2.23. The van der Waals surface area contributed by atoms with Gasteiger partial charge >= 0.3 is 0 Å². The molecule has 1 amide bonds. The summed E-state index contributed by atoms with van der Waals surface area (Å²) < 4.78 is 5.07. The lowest BCUT2D eigenvalue weighted by Gasteiger charge is -2.21. The highest BCUT2D eigenvalue weighted by atomic mass is 16.6. The number of ether oxygens (including phenoxy) is 1. The third-order valence-corrected chi connectivity index (χ3v) is 2.86. The van der Waals surface area contributed by atoms with Crippen molar-refractivity contribution in [2.75, 3.05) is 25.1 Å². The summed E-state index contributed by atoms with van der Waals surface area (Å²) >= 11 is 0. The molecule has 0 heterocycles. The molecular weight excluding hydrogens is 250 g/mol. The highest BCUT2D eigenvalue weighted by Crippen LogP contribution is 2.35. The number of carbonyl (C=O) groups is 1. The molecule has 0 aliphatic heterocycles. The molecule has 0 aromatic heterocycles. The predicted octanol–water partition coefficient (Wildman–Crippen LogP) is 1.55. The molecule has 1 aromatic carbocycles. The molecule has 0 atom stereocenters. The minimum Gasteiger partial charge on any atom is -0.496 e. The zero-order valence-corrected chi connectivity index (χ0v) is 11.2. The Morgan fingerprint density at radius 2 is 2.00 bits per heavy atom. The number of amides is 1. The van der Waals surface area contributed by atoms with Crippen LogP contribution in [0.3, 0.4) is 0 Å². The number of methoxy groups -OCH3 is 1. The van der Waals surface area contributed by atoms with Crippen LogP contribution < -0.4 is 15.4 Å². The van der Waals surface area contributed by atoms with Crippen molar-refractivity contribution >= 4 is 17.3 Å². The van der Waals surface area contributed by atoms with E-state index in [0.29, 0.717) is 18.8 Å². The quantitative estimate of drug-likeness (QED) is 0.622. The van der Waals surface area contributed by atoms with Crippen LogP contribution in [0.2, 0.25) is 0 Å². The first-order valence-corrected chi connectivity index (χ1v) is 5.87. The summed E-state index contributed by atoms with van der Waals surface area (Å²) in [5.41, 5.74) is 5.46. The number of nitro groups is 1. The molecule has 19 heavy (non-hydrogen) atoms. The van der Waals surface area contributed by atoms with E-state index in [1.807, 2.05) is 18.7 Å². The molecule has 0 unspecified atom stereocenters. The van der Waals surface area contributed by atoms with E-state index in [4.69, 9.17) is 10.5 Å². The third kappa shape index (κ3) is 2.93. The van der Waals surface area contributed by atoms with Crippen molar-refractivity contribution in [3.63, 3.8) is 0 Å². The van der Waals surface area contributed by atoms with Crippen LogP contribution >= 0.6 is 0 Å². The predicted molar refractivity (Wildman–Crippen MR) is 71.7 cm³/mol. The average Bonchev–Trinajstić information content (AvgIpc) is 2.38. The van der Waals surface area contributed by atoms with Gasteiger partial charge in [-0.3, -0.25) is 14.9 Å². The lowest BCUT2D eigenvalue weighted by molar-refractivity contribution is -0.384. The second-order valence-corrected chi connectivity index (χ2v) is 3.83. The van der Waals surface area contributed by atoms with Crippen LogP contribution in [-0.4, -0.2) is 31.0 Å². The van der Waals surface area contributed by atoms with Crippen LogP contribution in [0.5, 0.6) is 5.75 Å². The molecule has 0 saturated carbocycles. The van der Waals surface area contributed by atoms with Crippen molar-refractivity contribution in [2.45, 2.75) is 13.8 Å². The van der Waals surface area contributed by atoms with E-state index in [0.717, 1.165) is 6.07 Å². The molecule has 0 bridgehead atoms. The van der Waals surface area contributed by atoms with E-state index in [1.54, 1.807) is 0 Å². The first-order valence-electron chi connectivity index (χ1n) is 5.87. The Hall–Kier alpha value is -2.31. The van der Waals surface area contributed by atoms with E-state index >= 15 is 0 Å². The Balaban J connectivity index is 3.53. The molecule has 1 aromatic rings. The zero-order valence-electron chi connectivity index (χ0n) is 11.2. The van der Waals surface area contributed by atoms with Gasteiger partial charge in [-0.25, -0.2) is 0 Å². The van der Waals surface area contributed by atoms with E-state index in [9.17, 15) is 14.9 Å². The van der Waals surface area contributed by atoms with E-state index in [1.165, 1.54) is 13.2 Å². The fourth-order valence-corrected chi connectivity index (χ4v) is 1.88. The molecule has 0 spiro atoms. The monoisotopic (exact) mass is 267 g/mol. The zero-order chi connectivity index (χ0) is 14.6. The Morgan fingerprint density at radius 3 is 2.37 bits per heavy atom. The second-order valence-electron chi connectivity index (χ2n) is 3.83. The summed E-state index contributed by atoms with van der Waals surface area (Å²) in [7, 11) is 1.39. The maximum atomic E-state index is 11.3. The smallest absolute Gasteiger partial charge is 0.293 e. The molecule has 0 saturated heterocycles. The second kappa shape index (κ2) is 6.03. The van der Waals surface area contributed by atoms with Crippen molar-refractivity contribution < 1.29 is 14.5 Å². The summed E-state index contributed by atoms with van der Waals surface area (Å²) in [4.78, 5) is 23.7. The number of nitro benzene ring substituents is 1. The summed E-state index contributed by atoms with van der Waals surface area (Å²) in [5, 5.41) is 11.1. The van der Waals surface area contributed by atoms with Crippen LogP contribution in [0.15, 0.2) is 12.1 Å². The standard InChI is InChI=1S/C12H17N3O4/c1-4-14(5-2)9-7-11(19-3)8(12(13)16)6-10(9)15(17)18/h6-7H,4-5H2,1-3H3,(H2,13,16). The van der Waals surface area contributed by atoms with Gasteiger partial charge in [-0.05, 0) is 13.8 Å². The summed E-state index contributed by atoms with van der Waals surface area (Å²) in [6.07, 6.45) is 0. The summed E-state index contributed by atoms with van der Waals surface area (Å²) in [6.45, 7) is 5.00. The minimum absolute atomic E-state index is 0.00473. The fourth-order valence-electron chi connectivity index (χ4n) is 1.88. The van der Waals surface area contributed by atoms with Gasteiger partial charge in [0, 0.05) is 25.2 Å². The van der Waals surface area contributed by atoms with E-state index in [-0.39, 0.29) is 17.0 Å². The first-order chi connectivity index (χ1) is 8.96. The van der Waals surface area contributed by atoms with Gasteiger partial charge in [-0.15, -0.1) is 0 Å². The molecule has 0 radical (unpaired) electrons. The van der Waals surface area contributed by atoms with Gasteiger partial charge in [0.15, 0.2) is 0 Å². The van der Waals surface area contributed by atoms with Crippen LogP contribution in [0, 0.1) is 10.1 Å². The van der Waals surface area contributed by atoms with Crippen LogP contribution in [-0.2, 0) is 0 Å². The molecule has 0 aliphatic rings. The molecule has 7 heteroatoms. The van der Waals surface area contributed by atoms with Crippen molar-refractivity contribution in [2.24, 2.45) is 5.73 Å². The minimum atomic E-state index is -0.758. The number of carbonyl (C=O) groups excluding carboxylic acids is 1. The molecule has 1 rings (SSSR count). The number of nitrogens with zero attached hydrogens (tertiary/aromatic N) is 2. The van der Waals surface area contributed by atoms with Crippen LogP contribution in [0.4, 0.5) is 11.4 Å². The number of nitrogens with two attached hydrogens (primary N) is 1. The van der Waals surface area contributed by atoms with Gasteiger partial charge in [0.05, 0.1) is 17.6 Å². The number of benzene rings is 1. The molecule has 2 N–H and O–H groups in total. The Labute approximate surface area is 111 Å². The maximum absolute atomic E-state index is 11.3. The molecule has 104 valence electrons. The topological polar surface area (TPSA) is 98.7 Å². The van der Waals surface area contributed by atoms with Gasteiger partial charge in [-0.2, -0.15) is 0 Å². The van der Waals surface area contributed by atoms with E-state index < -0.39 is 10.8 Å². The normalized spacial score (nSPS) is 10.1. The third-order valence-electron chi connectivity index (χ3n) is 2.86. The van der Waals surface area contributed by atoms with Crippen molar-refractivity contribution in [1.29, 1.82) is 0 Å². The molecule has 7 nitrogen and oxygen atoms in total. The Bertz CT molecular complexity index is 498. The Kier molecular flexibility index (Phi) is 4.68. The van der Waals surface area contributed by atoms with E-state index in [2.05, 4.69) is 0 Å². The van der Waals surface area contributed by atoms with Crippen LogP contribution in [0.1, 0.15) is 24.2 Å². The van der Waals surface area contributed by atoms with Gasteiger partial charge in [0.2, 0.25) is 0 Å². The number of hydrogen-bond acceptors (Lipinski definition) is 5. The highest BCUT2D eigenvalue weighted by Gasteiger charge is 2.23. The number of rotatable bonds is 6. The number of hydrogen-bond donors (Lipinski definition) is 1.